The van der Waals surface area contributed by atoms with Gasteiger partial charge in [-0.3, -0.25) is 4.79 Å². The van der Waals surface area contributed by atoms with Crippen LogP contribution in [-0.4, -0.2) is 14.3 Å². The van der Waals surface area contributed by atoms with E-state index in [2.05, 4.69) is 5.32 Å². The van der Waals surface area contributed by atoms with Crippen molar-refractivity contribution in [3.8, 4) is 5.75 Å². The summed E-state index contributed by atoms with van der Waals surface area (Å²) >= 11 is 5.87. The summed E-state index contributed by atoms with van der Waals surface area (Å²) in [6.07, 6.45) is 0. The minimum Gasteiger partial charge on any atom is -0.397 e. The normalized spacial score (nSPS) is 11.0. The molecule has 0 heterocycles. The van der Waals surface area contributed by atoms with Crippen LogP contribution in [0.3, 0.4) is 0 Å². The van der Waals surface area contributed by atoms with Crippen molar-refractivity contribution in [2.24, 2.45) is 0 Å². The number of nitrogens with two attached hydrogens (primary N) is 1. The van der Waals surface area contributed by atoms with Gasteiger partial charge in [-0.2, -0.15) is 8.42 Å². The molecule has 0 aliphatic rings. The summed E-state index contributed by atoms with van der Waals surface area (Å²) in [4.78, 5) is 10.9. The van der Waals surface area contributed by atoms with Crippen molar-refractivity contribution in [3.63, 3.8) is 0 Å². The Kier molecular flexibility index (Phi) is 4.58. The lowest BCUT2D eigenvalue weighted by Crippen LogP contribution is -2.12. The number of hydrogen-bond acceptors (Lipinski definition) is 5. The Morgan fingerprint density at radius 3 is 2.50 bits per heavy atom. The smallest absolute Gasteiger partial charge is 0.339 e. The molecule has 2 aromatic carbocycles. The fourth-order valence-corrected chi connectivity index (χ4v) is 2.88. The quantitative estimate of drug-likeness (QED) is 0.658. The minimum atomic E-state index is -4.08. The first-order chi connectivity index (χ1) is 10.3. The lowest BCUT2D eigenvalue weighted by atomic mass is 10.2. The van der Waals surface area contributed by atoms with Crippen LogP contribution in [0.25, 0.3) is 0 Å². The summed E-state index contributed by atoms with van der Waals surface area (Å²) in [7, 11) is -4.08. The van der Waals surface area contributed by atoms with Gasteiger partial charge >= 0.3 is 10.1 Å². The average Bonchev–Trinajstić information content (AvgIpc) is 2.43. The molecule has 22 heavy (non-hydrogen) atoms. The van der Waals surface area contributed by atoms with Crippen LogP contribution in [0, 0.1) is 0 Å². The standard InChI is InChI=1S/C14H13ClN2O4S/c1-9(18)17-13-7-6-10(8-12(13)16)22(19,20)21-14-5-3-2-4-11(14)15/h2-8H,16H2,1H3,(H,17,18). The fourth-order valence-electron chi connectivity index (χ4n) is 1.68. The molecule has 3 N–H and O–H groups in total. The number of carbonyl (C=O) groups excluding carboxylic acids is 1. The number of para-hydroxylation sites is 1. The monoisotopic (exact) mass is 340 g/mol. The number of amides is 1. The highest BCUT2D eigenvalue weighted by Gasteiger charge is 2.19. The molecule has 0 atom stereocenters. The molecule has 116 valence electrons. The molecule has 0 radical (unpaired) electrons. The van der Waals surface area contributed by atoms with Crippen LogP contribution in [0.4, 0.5) is 11.4 Å². The molecular formula is C14H13ClN2O4S. The topological polar surface area (TPSA) is 98.5 Å². The van der Waals surface area contributed by atoms with E-state index >= 15 is 0 Å². The van der Waals surface area contributed by atoms with Crippen molar-refractivity contribution in [2.45, 2.75) is 11.8 Å². The van der Waals surface area contributed by atoms with E-state index in [4.69, 9.17) is 21.5 Å². The summed E-state index contributed by atoms with van der Waals surface area (Å²) in [6, 6.07) is 10.1. The Labute approximate surface area is 133 Å². The van der Waals surface area contributed by atoms with Crippen LogP contribution >= 0.6 is 11.6 Å². The number of carbonyl (C=O) groups is 1. The predicted molar refractivity (Wildman–Crippen MR) is 84.4 cm³/mol. The first-order valence-electron chi connectivity index (χ1n) is 6.16. The van der Waals surface area contributed by atoms with E-state index < -0.39 is 10.1 Å². The van der Waals surface area contributed by atoms with Crippen LogP contribution < -0.4 is 15.2 Å². The van der Waals surface area contributed by atoms with Crippen molar-refractivity contribution < 1.29 is 17.4 Å². The summed E-state index contributed by atoms with van der Waals surface area (Å²) in [5.41, 5.74) is 6.16. The van der Waals surface area contributed by atoms with E-state index in [0.29, 0.717) is 5.69 Å². The third-order valence-electron chi connectivity index (χ3n) is 2.66. The number of hydrogen-bond donors (Lipinski definition) is 2. The van der Waals surface area contributed by atoms with E-state index in [1.807, 2.05) is 0 Å². The molecule has 0 aromatic heterocycles. The Hall–Kier alpha value is -2.25. The maximum atomic E-state index is 12.2. The summed E-state index contributed by atoms with van der Waals surface area (Å²) in [5.74, 6) is -0.289. The number of benzene rings is 2. The van der Waals surface area contributed by atoms with Gasteiger partial charge in [0, 0.05) is 6.92 Å². The molecule has 6 nitrogen and oxygen atoms in total. The Bertz CT molecular complexity index is 821. The lowest BCUT2D eigenvalue weighted by Gasteiger charge is -2.11. The van der Waals surface area contributed by atoms with Gasteiger partial charge < -0.3 is 15.2 Å². The van der Waals surface area contributed by atoms with Gasteiger partial charge in [-0.05, 0) is 30.3 Å². The second-order valence-electron chi connectivity index (χ2n) is 4.40. The number of rotatable bonds is 4. The lowest BCUT2D eigenvalue weighted by molar-refractivity contribution is -0.114. The van der Waals surface area contributed by atoms with Crippen molar-refractivity contribution in [2.75, 3.05) is 11.1 Å². The van der Waals surface area contributed by atoms with Crippen LogP contribution in [0.15, 0.2) is 47.4 Å². The zero-order chi connectivity index (χ0) is 16.3. The second-order valence-corrected chi connectivity index (χ2v) is 6.35. The van der Waals surface area contributed by atoms with E-state index in [1.165, 1.54) is 37.3 Å². The third-order valence-corrected chi connectivity index (χ3v) is 4.20. The fraction of sp³-hybridized carbons (Fsp3) is 0.0714. The molecule has 0 aliphatic carbocycles. The number of halogens is 1. The van der Waals surface area contributed by atoms with Gasteiger partial charge in [0.15, 0.2) is 5.75 Å². The highest BCUT2D eigenvalue weighted by molar-refractivity contribution is 7.87. The highest BCUT2D eigenvalue weighted by Crippen LogP contribution is 2.28. The first-order valence-corrected chi connectivity index (χ1v) is 7.94. The largest absolute Gasteiger partial charge is 0.397 e. The average molecular weight is 341 g/mol. The molecule has 0 unspecified atom stereocenters. The van der Waals surface area contributed by atoms with Crippen LogP contribution in [0.5, 0.6) is 5.75 Å². The summed E-state index contributed by atoms with van der Waals surface area (Å²) < 4.78 is 29.4. The molecule has 0 bridgehead atoms. The van der Waals surface area contributed by atoms with E-state index in [1.54, 1.807) is 12.1 Å². The molecule has 2 rings (SSSR count). The van der Waals surface area contributed by atoms with Crippen molar-refractivity contribution in [1.82, 2.24) is 0 Å². The van der Waals surface area contributed by atoms with Gasteiger partial charge in [0.1, 0.15) is 4.90 Å². The zero-order valence-corrected chi connectivity index (χ0v) is 13.1. The predicted octanol–water partition coefficient (Wildman–Crippen LogP) is 2.65. The van der Waals surface area contributed by atoms with Crippen molar-refractivity contribution >= 4 is 39.0 Å². The van der Waals surface area contributed by atoms with Crippen LogP contribution in [-0.2, 0) is 14.9 Å². The van der Waals surface area contributed by atoms with Gasteiger partial charge in [0.25, 0.3) is 0 Å². The Morgan fingerprint density at radius 2 is 1.91 bits per heavy atom. The number of anilines is 2. The van der Waals surface area contributed by atoms with Gasteiger partial charge in [-0.25, -0.2) is 0 Å². The zero-order valence-electron chi connectivity index (χ0n) is 11.5. The maximum Gasteiger partial charge on any atom is 0.339 e. The van der Waals surface area contributed by atoms with E-state index in [9.17, 15) is 13.2 Å². The van der Waals surface area contributed by atoms with Crippen LogP contribution in [0.1, 0.15) is 6.92 Å². The van der Waals surface area contributed by atoms with Crippen LogP contribution in [0.2, 0.25) is 5.02 Å². The molecule has 0 saturated carbocycles. The molecule has 0 saturated heterocycles. The van der Waals surface area contributed by atoms with E-state index in [0.717, 1.165) is 0 Å². The Balaban J connectivity index is 2.32. The summed E-state index contributed by atoms with van der Waals surface area (Å²) in [6.45, 7) is 1.32. The first kappa shape index (κ1) is 16.1. The van der Waals surface area contributed by atoms with E-state index in [-0.39, 0.29) is 27.3 Å². The minimum absolute atomic E-state index is 0.0219. The van der Waals surface area contributed by atoms with Gasteiger partial charge in [-0.15, -0.1) is 0 Å². The van der Waals surface area contributed by atoms with Crippen molar-refractivity contribution in [3.05, 3.63) is 47.5 Å². The molecule has 2 aromatic rings. The molecule has 1 amide bonds. The van der Waals surface area contributed by atoms with Crippen molar-refractivity contribution in [1.29, 1.82) is 0 Å². The third kappa shape index (κ3) is 3.69. The molecule has 0 spiro atoms. The Morgan fingerprint density at radius 1 is 1.23 bits per heavy atom. The maximum absolute atomic E-state index is 12.2. The van der Waals surface area contributed by atoms with Gasteiger partial charge in [0.05, 0.1) is 16.4 Å². The number of nitrogens with one attached hydrogen (secondary N) is 1. The SMILES string of the molecule is CC(=O)Nc1ccc(S(=O)(=O)Oc2ccccc2Cl)cc1N. The highest BCUT2D eigenvalue weighted by atomic mass is 35.5. The van der Waals surface area contributed by atoms with Gasteiger partial charge in [-0.1, -0.05) is 23.7 Å². The number of nitrogen functional groups attached to an aromatic ring is 1. The molecule has 0 fully saturated rings. The molecule has 8 heteroatoms. The summed E-state index contributed by atoms with van der Waals surface area (Å²) in [5, 5.41) is 2.66. The second kappa shape index (κ2) is 6.25. The molecular weight excluding hydrogens is 328 g/mol. The molecule has 0 aliphatic heterocycles. The van der Waals surface area contributed by atoms with Gasteiger partial charge in [0.2, 0.25) is 5.91 Å².